The Morgan fingerprint density at radius 3 is 2.62 bits per heavy atom. The summed E-state index contributed by atoms with van der Waals surface area (Å²) in [4.78, 5) is 57.6. The minimum absolute atomic E-state index is 0.0455. The number of thioether (sulfide) groups is 1. The van der Waals surface area contributed by atoms with Gasteiger partial charge in [-0.3, -0.25) is 19.3 Å². The van der Waals surface area contributed by atoms with Gasteiger partial charge >= 0.3 is 5.97 Å². The van der Waals surface area contributed by atoms with E-state index in [4.69, 9.17) is 11.5 Å². The third-order valence-corrected chi connectivity index (χ3v) is 8.46. The van der Waals surface area contributed by atoms with Crippen LogP contribution in [0.2, 0.25) is 0 Å². The number of aliphatic carboxylic acids is 1. The highest BCUT2D eigenvalue weighted by atomic mass is 32.2. The first kappa shape index (κ1) is 26.2. The predicted octanol–water partition coefficient (Wildman–Crippen LogP) is 0.583. The molecule has 0 bridgehead atoms. The third-order valence-electron chi connectivity index (χ3n) is 6.48. The van der Waals surface area contributed by atoms with Crippen molar-refractivity contribution < 1.29 is 29.5 Å². The van der Waals surface area contributed by atoms with E-state index < -0.39 is 34.9 Å². The van der Waals surface area contributed by atoms with Gasteiger partial charge in [-0.05, 0) is 35.8 Å². The molecule has 2 aromatic rings. The lowest BCUT2D eigenvalue weighted by molar-refractivity contribution is -0.150. The first-order chi connectivity index (χ1) is 18.7. The van der Waals surface area contributed by atoms with E-state index in [-0.39, 0.29) is 28.2 Å². The number of rotatable bonds is 7. The summed E-state index contributed by atoms with van der Waals surface area (Å²) in [5.74, 6) is -2.79. The Bertz CT molecular complexity index is 1470. The molecule has 13 nitrogen and oxygen atoms in total. The maximum Gasteiger partial charge on any atom is 0.352 e. The topological polar surface area (TPSA) is 205 Å². The number of anilines is 2. The summed E-state index contributed by atoms with van der Waals surface area (Å²) in [5, 5.41) is 25.6. The molecule has 2 fully saturated rings. The van der Waals surface area contributed by atoms with Gasteiger partial charge in [-0.2, -0.15) is 0 Å². The second kappa shape index (κ2) is 10.4. The van der Waals surface area contributed by atoms with Gasteiger partial charge in [0.2, 0.25) is 5.91 Å². The second-order valence-corrected chi connectivity index (χ2v) is 10.9. The minimum Gasteiger partial charge on any atom is -0.477 e. The zero-order valence-corrected chi connectivity index (χ0v) is 21.9. The van der Waals surface area contributed by atoms with Gasteiger partial charge in [-0.25, -0.2) is 9.78 Å². The fourth-order valence-electron chi connectivity index (χ4n) is 4.58. The number of carbonyl (C=O) groups excluding carboxylic acids is 3. The number of carboxylic acids is 1. The van der Waals surface area contributed by atoms with E-state index in [0.717, 1.165) is 21.8 Å². The summed E-state index contributed by atoms with van der Waals surface area (Å²) in [6.07, 6.45) is 2.00. The number of nitrogens with zero attached hydrogens (tertiary/aromatic N) is 4. The summed E-state index contributed by atoms with van der Waals surface area (Å²) in [7, 11) is 0. The van der Waals surface area contributed by atoms with E-state index in [0.29, 0.717) is 36.3 Å². The molecule has 7 N–H and O–H groups in total. The van der Waals surface area contributed by atoms with Gasteiger partial charge in [0.05, 0.1) is 0 Å². The average Bonchev–Trinajstić information content (AvgIpc) is 3.49. The summed E-state index contributed by atoms with van der Waals surface area (Å²) in [6, 6.07) is 6.18. The first-order valence-corrected chi connectivity index (χ1v) is 13.6. The fraction of sp³-hybridized carbons (Fsp3) is 0.250. The van der Waals surface area contributed by atoms with Crippen LogP contribution in [0.25, 0.3) is 0 Å². The molecular weight excluding hydrogens is 546 g/mol. The van der Waals surface area contributed by atoms with Crippen molar-refractivity contribution in [3.05, 3.63) is 63.8 Å². The van der Waals surface area contributed by atoms with Crippen LogP contribution >= 0.6 is 23.1 Å². The van der Waals surface area contributed by atoms with Crippen molar-refractivity contribution in [2.75, 3.05) is 23.8 Å². The van der Waals surface area contributed by atoms with Gasteiger partial charge in [0.15, 0.2) is 10.8 Å². The van der Waals surface area contributed by atoms with Gasteiger partial charge in [0.1, 0.15) is 22.8 Å². The molecule has 0 unspecified atom stereocenters. The third kappa shape index (κ3) is 4.93. The molecule has 5 rings (SSSR count). The van der Waals surface area contributed by atoms with Gasteiger partial charge in [-0.15, -0.1) is 23.1 Å². The van der Waals surface area contributed by atoms with E-state index in [9.17, 15) is 29.5 Å². The predicted molar refractivity (Wildman–Crippen MR) is 144 cm³/mol. The van der Waals surface area contributed by atoms with E-state index >= 15 is 0 Å². The average molecular weight is 570 g/mol. The highest BCUT2D eigenvalue weighted by molar-refractivity contribution is 8.00. The normalized spacial score (nSPS) is 22.3. The van der Waals surface area contributed by atoms with Crippen LogP contribution < -0.4 is 16.8 Å². The van der Waals surface area contributed by atoms with Crippen molar-refractivity contribution >= 4 is 63.3 Å². The van der Waals surface area contributed by atoms with Crippen LogP contribution in [-0.4, -0.2) is 78.2 Å². The van der Waals surface area contributed by atoms with Gasteiger partial charge < -0.3 is 32.0 Å². The van der Waals surface area contributed by atoms with Crippen molar-refractivity contribution in [1.29, 1.82) is 0 Å². The molecular formula is C24H23N7O6S2. The molecule has 3 aliphatic rings. The number of aromatic nitrogens is 1. The molecule has 3 amide bonds. The Hall–Kier alpha value is -4.37. The number of hydrogen-bond acceptors (Lipinski definition) is 11. The number of nitrogens with two attached hydrogens (primary N) is 2. The number of amides is 3. The minimum atomic E-state index is -1.31. The van der Waals surface area contributed by atoms with Crippen LogP contribution in [0.3, 0.4) is 0 Å². The molecule has 2 saturated heterocycles. The monoisotopic (exact) mass is 569 g/mol. The molecule has 15 heteroatoms. The highest BCUT2D eigenvalue weighted by Crippen LogP contribution is 2.41. The van der Waals surface area contributed by atoms with E-state index in [1.54, 1.807) is 23.1 Å². The molecule has 0 spiro atoms. The second-order valence-electron chi connectivity index (χ2n) is 8.95. The van der Waals surface area contributed by atoms with Crippen LogP contribution in [0.5, 0.6) is 0 Å². The van der Waals surface area contributed by atoms with Crippen LogP contribution in [0, 0.1) is 0 Å². The number of oxime groups is 1. The molecule has 1 aromatic heterocycles. The van der Waals surface area contributed by atoms with Gasteiger partial charge in [-0.1, -0.05) is 17.3 Å². The Morgan fingerprint density at radius 2 is 1.97 bits per heavy atom. The molecule has 2 atom stereocenters. The maximum atomic E-state index is 13.0. The molecule has 0 saturated carbocycles. The van der Waals surface area contributed by atoms with Crippen LogP contribution in [0.1, 0.15) is 17.7 Å². The molecule has 0 radical (unpaired) electrons. The first-order valence-electron chi connectivity index (χ1n) is 11.7. The van der Waals surface area contributed by atoms with Crippen molar-refractivity contribution in [1.82, 2.24) is 20.1 Å². The zero-order chi connectivity index (χ0) is 27.8. The van der Waals surface area contributed by atoms with E-state index in [1.807, 2.05) is 12.1 Å². The number of allylic oxidation sites excluding steroid dienone is 1. The number of fused-ring (bicyclic) bond motifs is 1. The Balaban J connectivity index is 1.31. The van der Waals surface area contributed by atoms with Crippen molar-refractivity contribution in [2.24, 2.45) is 5.16 Å². The van der Waals surface area contributed by atoms with Crippen molar-refractivity contribution in [2.45, 2.75) is 24.4 Å². The molecule has 202 valence electrons. The number of β-lactam (4-membered cyclic amide) rings is 1. The summed E-state index contributed by atoms with van der Waals surface area (Å²) in [5.41, 5.74) is 13.0. The van der Waals surface area contributed by atoms with Crippen LogP contribution in [0.4, 0.5) is 10.8 Å². The Labute approximate surface area is 229 Å². The number of thiazole rings is 1. The maximum absolute atomic E-state index is 13.0. The standard InChI is InChI=1S/C24H23N7O6S2/c25-14-3-1-11(2-4-14)8-30-6-5-12(20(30)33)7-13-9-38-22-17(21(34)31(22)18(13)23(35)36)28-19(32)16(29-37)15-10-39-24(26)27-15/h1-4,7,10,17,22,37H,5-6,8-9,25H2,(H2,26,27)(H,28,32)(H,35,36)/t17-,22-/m1/s1. The number of carbonyl (C=O) groups is 4. The lowest BCUT2D eigenvalue weighted by Gasteiger charge is -2.49. The fourth-order valence-corrected chi connectivity index (χ4v) is 6.43. The van der Waals surface area contributed by atoms with Crippen LogP contribution in [0.15, 0.2) is 57.7 Å². The number of nitrogen functional groups attached to an aromatic ring is 2. The van der Waals surface area contributed by atoms with E-state index in [1.165, 1.54) is 17.1 Å². The van der Waals surface area contributed by atoms with Crippen LogP contribution in [-0.2, 0) is 25.7 Å². The SMILES string of the molecule is Nc1ccc(CN2CCC(=CC3=C(C(=O)O)N4C(=O)[C@@H](NC(=O)C(=NO)c5csc(N)n5)[C@H]4SC3)C2=O)cc1. The number of benzene rings is 1. The van der Waals surface area contributed by atoms with Gasteiger partial charge in [0.25, 0.3) is 11.8 Å². The smallest absolute Gasteiger partial charge is 0.352 e. The number of carboxylic acid groups (broad SMARTS) is 1. The number of hydrogen-bond donors (Lipinski definition) is 5. The zero-order valence-electron chi connectivity index (χ0n) is 20.2. The van der Waals surface area contributed by atoms with Crippen molar-refractivity contribution in [3.63, 3.8) is 0 Å². The lowest BCUT2D eigenvalue weighted by Crippen LogP contribution is -2.71. The number of likely N-dealkylation sites (tertiary alicyclic amines) is 1. The molecule has 4 heterocycles. The molecule has 39 heavy (non-hydrogen) atoms. The largest absolute Gasteiger partial charge is 0.477 e. The lowest BCUT2D eigenvalue weighted by atomic mass is 10.0. The van der Waals surface area contributed by atoms with E-state index in [2.05, 4.69) is 15.5 Å². The number of nitrogens with one attached hydrogen (secondary N) is 1. The summed E-state index contributed by atoms with van der Waals surface area (Å²) in [6.45, 7) is 0.882. The van der Waals surface area contributed by atoms with Gasteiger partial charge in [0, 0.05) is 35.5 Å². The molecule has 3 aliphatic heterocycles. The Morgan fingerprint density at radius 1 is 1.23 bits per heavy atom. The molecule has 0 aliphatic carbocycles. The summed E-state index contributed by atoms with van der Waals surface area (Å²) >= 11 is 2.30. The molecule has 1 aromatic carbocycles. The highest BCUT2D eigenvalue weighted by Gasteiger charge is 2.54. The quantitative estimate of drug-likeness (QED) is 0.0783. The Kier molecular flexibility index (Phi) is 7.01. The summed E-state index contributed by atoms with van der Waals surface area (Å²) < 4.78 is 0. The van der Waals surface area contributed by atoms with Crippen molar-refractivity contribution in [3.8, 4) is 0 Å².